The summed E-state index contributed by atoms with van der Waals surface area (Å²) in [5, 5.41) is 0. The number of hydrogen-bond acceptors (Lipinski definition) is 3. The molecule has 3 nitrogen and oxygen atoms in total. The maximum atomic E-state index is 14.6. The number of halogens is 2. The molecule has 0 N–H and O–H groups in total. The highest BCUT2D eigenvalue weighted by molar-refractivity contribution is 5.56. The Hall–Kier alpha value is -2.04. The van der Waals surface area contributed by atoms with Crippen LogP contribution in [-0.4, -0.2) is 22.7 Å². The molecule has 0 spiro atoms. The van der Waals surface area contributed by atoms with Crippen LogP contribution in [0.2, 0.25) is 0 Å². The van der Waals surface area contributed by atoms with Crippen LogP contribution in [0.4, 0.5) is 8.78 Å². The second-order valence-electron chi connectivity index (χ2n) is 11.1. The maximum Gasteiger partial charge on any atom is 0.165 e. The van der Waals surface area contributed by atoms with Gasteiger partial charge in [-0.25, -0.2) is 18.7 Å². The smallest absolute Gasteiger partial charge is 0.165 e. The summed E-state index contributed by atoms with van der Waals surface area (Å²) in [6, 6.07) is 4.76. The van der Waals surface area contributed by atoms with E-state index >= 15 is 0 Å². The zero-order chi connectivity index (χ0) is 28.0. The van der Waals surface area contributed by atoms with Gasteiger partial charge in [0.1, 0.15) is 6.17 Å². The van der Waals surface area contributed by atoms with Crippen molar-refractivity contribution < 1.29 is 13.5 Å². The highest BCUT2D eigenvalue weighted by Gasteiger charge is 2.11. The predicted octanol–water partition coefficient (Wildman–Crippen LogP) is 11.0. The van der Waals surface area contributed by atoms with Crippen molar-refractivity contribution in [2.45, 2.75) is 148 Å². The molecule has 0 fully saturated rings. The molecule has 0 aliphatic heterocycles. The zero-order valence-corrected chi connectivity index (χ0v) is 24.9. The van der Waals surface area contributed by atoms with E-state index in [4.69, 9.17) is 4.74 Å². The lowest BCUT2D eigenvalue weighted by Gasteiger charge is -2.11. The molecule has 0 saturated heterocycles. The van der Waals surface area contributed by atoms with Crippen molar-refractivity contribution in [2.24, 2.45) is 0 Å². The number of nitrogens with zero attached hydrogens (tertiary/aromatic N) is 2. The minimum atomic E-state index is -0.893. The quantitative estimate of drug-likeness (QED) is 0.123. The van der Waals surface area contributed by atoms with Crippen LogP contribution in [0.5, 0.6) is 5.75 Å². The Morgan fingerprint density at radius 1 is 0.692 bits per heavy atom. The van der Waals surface area contributed by atoms with E-state index in [-0.39, 0.29) is 12.4 Å². The first kappa shape index (κ1) is 33.2. The third-order valence-electron chi connectivity index (χ3n) is 7.52. The Labute approximate surface area is 237 Å². The number of hydrogen-bond donors (Lipinski definition) is 0. The molecule has 0 aliphatic rings. The monoisotopic (exact) mass is 544 g/mol. The fourth-order valence-electron chi connectivity index (χ4n) is 4.97. The number of benzene rings is 1. The number of aryl methyl sites for hydroxylation is 1. The van der Waals surface area contributed by atoms with E-state index in [0.29, 0.717) is 24.2 Å². The molecule has 1 aromatic carbocycles. The Balaban J connectivity index is 1.61. The van der Waals surface area contributed by atoms with Gasteiger partial charge in [0.25, 0.3) is 0 Å². The van der Waals surface area contributed by atoms with Crippen molar-refractivity contribution in [1.82, 2.24) is 9.97 Å². The second kappa shape index (κ2) is 21.7. The maximum absolute atomic E-state index is 14.6. The SMILES string of the molecule is CCCCCCCCCCCCCc1cnc(-c2ccc(OCCC(F)CCCCCCCC)c(F)c2)nc1. The van der Waals surface area contributed by atoms with Crippen molar-refractivity contribution in [3.8, 4) is 17.1 Å². The fraction of sp³-hybridized carbons (Fsp3) is 0.706. The first-order valence-corrected chi connectivity index (χ1v) is 16.0. The van der Waals surface area contributed by atoms with Gasteiger partial charge in [-0.05, 0) is 43.0 Å². The van der Waals surface area contributed by atoms with E-state index in [0.717, 1.165) is 31.2 Å². The van der Waals surface area contributed by atoms with Gasteiger partial charge in [0.15, 0.2) is 17.4 Å². The van der Waals surface area contributed by atoms with Crippen LogP contribution in [0.15, 0.2) is 30.6 Å². The summed E-state index contributed by atoms with van der Waals surface area (Å²) < 4.78 is 34.2. The average Bonchev–Trinajstić information content (AvgIpc) is 2.95. The summed E-state index contributed by atoms with van der Waals surface area (Å²) in [5.41, 5.74) is 1.74. The molecule has 2 aromatic rings. The van der Waals surface area contributed by atoms with E-state index in [2.05, 4.69) is 23.8 Å². The van der Waals surface area contributed by atoms with Crippen LogP contribution in [0.25, 0.3) is 11.4 Å². The Kier molecular flexibility index (Phi) is 18.5. The van der Waals surface area contributed by atoms with Crippen LogP contribution in [0.1, 0.15) is 141 Å². The summed E-state index contributed by atoms with van der Waals surface area (Å²) in [6.45, 7) is 4.64. The number of unbranched alkanes of at least 4 members (excludes halogenated alkanes) is 15. The van der Waals surface area contributed by atoms with Crippen molar-refractivity contribution >= 4 is 0 Å². The third kappa shape index (κ3) is 15.4. The topological polar surface area (TPSA) is 35.0 Å². The normalized spacial score (nSPS) is 12.1. The Morgan fingerprint density at radius 2 is 1.23 bits per heavy atom. The van der Waals surface area contributed by atoms with E-state index in [1.807, 2.05) is 12.4 Å². The lowest BCUT2D eigenvalue weighted by molar-refractivity contribution is 0.217. The standard InChI is InChI=1S/C34H54F2N2O/c1-3-5-7-9-11-12-13-14-15-16-18-20-29-27-37-34(38-28-29)30-22-23-33(32(36)26-30)39-25-24-31(35)21-19-17-10-8-6-4-2/h22-23,26-28,31H,3-21,24-25H2,1-2H3. The molecule has 1 aromatic heterocycles. The summed E-state index contributed by atoms with van der Waals surface area (Å²) in [7, 11) is 0. The fourth-order valence-corrected chi connectivity index (χ4v) is 4.97. The molecule has 39 heavy (non-hydrogen) atoms. The molecule has 220 valence electrons. The van der Waals surface area contributed by atoms with Crippen molar-refractivity contribution in [3.05, 3.63) is 42.0 Å². The van der Waals surface area contributed by atoms with Crippen LogP contribution in [0.3, 0.4) is 0 Å². The molecule has 0 amide bonds. The van der Waals surface area contributed by atoms with E-state index in [1.54, 1.807) is 12.1 Å². The highest BCUT2D eigenvalue weighted by Crippen LogP contribution is 2.24. The molecule has 0 saturated carbocycles. The van der Waals surface area contributed by atoms with Gasteiger partial charge in [-0.15, -0.1) is 0 Å². The summed E-state index contributed by atoms with van der Waals surface area (Å²) in [4.78, 5) is 8.92. The van der Waals surface area contributed by atoms with Gasteiger partial charge >= 0.3 is 0 Å². The second-order valence-corrected chi connectivity index (χ2v) is 11.1. The van der Waals surface area contributed by atoms with Gasteiger partial charge in [-0.1, -0.05) is 117 Å². The van der Waals surface area contributed by atoms with Gasteiger partial charge in [0.2, 0.25) is 0 Å². The van der Waals surface area contributed by atoms with E-state index < -0.39 is 12.0 Å². The van der Waals surface area contributed by atoms with Gasteiger partial charge in [-0.2, -0.15) is 0 Å². The van der Waals surface area contributed by atoms with Gasteiger partial charge in [0.05, 0.1) is 6.61 Å². The molecule has 1 unspecified atom stereocenters. The number of rotatable bonds is 24. The van der Waals surface area contributed by atoms with Crippen LogP contribution in [0, 0.1) is 5.82 Å². The first-order valence-electron chi connectivity index (χ1n) is 16.0. The molecular formula is C34H54F2N2O. The lowest BCUT2D eigenvalue weighted by atomic mass is 10.0. The number of alkyl halides is 1. The van der Waals surface area contributed by atoms with Crippen molar-refractivity contribution in [2.75, 3.05) is 6.61 Å². The van der Waals surface area contributed by atoms with E-state index in [9.17, 15) is 8.78 Å². The Bertz CT molecular complexity index is 859. The minimum Gasteiger partial charge on any atom is -0.490 e. The van der Waals surface area contributed by atoms with Crippen molar-refractivity contribution in [3.63, 3.8) is 0 Å². The van der Waals surface area contributed by atoms with Gasteiger partial charge < -0.3 is 4.74 Å². The van der Waals surface area contributed by atoms with Crippen LogP contribution < -0.4 is 4.74 Å². The number of ether oxygens (including phenoxy) is 1. The van der Waals surface area contributed by atoms with Crippen LogP contribution >= 0.6 is 0 Å². The summed E-state index contributed by atoms with van der Waals surface area (Å²) >= 11 is 0. The predicted molar refractivity (Wildman–Crippen MR) is 161 cm³/mol. The molecular weight excluding hydrogens is 490 g/mol. The first-order chi connectivity index (χ1) is 19.1. The zero-order valence-electron chi connectivity index (χ0n) is 24.9. The number of aromatic nitrogens is 2. The highest BCUT2D eigenvalue weighted by atomic mass is 19.1. The van der Waals surface area contributed by atoms with Gasteiger partial charge in [-0.3, -0.25) is 0 Å². The molecule has 1 heterocycles. The van der Waals surface area contributed by atoms with Gasteiger partial charge in [0, 0.05) is 24.4 Å². The average molecular weight is 545 g/mol. The van der Waals surface area contributed by atoms with Crippen molar-refractivity contribution in [1.29, 1.82) is 0 Å². The molecule has 0 bridgehead atoms. The molecule has 1 atom stereocenters. The Morgan fingerprint density at radius 3 is 1.79 bits per heavy atom. The molecule has 0 radical (unpaired) electrons. The summed E-state index contributed by atoms with van der Waals surface area (Å²) in [5.74, 6) is 0.192. The van der Waals surface area contributed by atoms with E-state index in [1.165, 1.54) is 96.0 Å². The minimum absolute atomic E-state index is 0.152. The lowest BCUT2D eigenvalue weighted by Crippen LogP contribution is -2.08. The molecule has 5 heteroatoms. The largest absolute Gasteiger partial charge is 0.490 e. The van der Waals surface area contributed by atoms with Crippen LogP contribution in [-0.2, 0) is 6.42 Å². The molecule has 2 rings (SSSR count). The summed E-state index contributed by atoms with van der Waals surface area (Å²) in [6.07, 6.45) is 26.2. The molecule has 0 aliphatic carbocycles. The third-order valence-corrected chi connectivity index (χ3v) is 7.52.